The first-order chi connectivity index (χ1) is 7.74. The minimum absolute atomic E-state index is 0.768. The van der Waals surface area contributed by atoms with Gasteiger partial charge in [0.15, 0.2) is 0 Å². The molecule has 0 aliphatic heterocycles. The Kier molecular flexibility index (Phi) is 3.01. The molecular weight excluding hydrogens is 200 g/mol. The molecule has 0 radical (unpaired) electrons. The largest absolute Gasteiger partial charge is 0.329 e. The molecular formula is C12H16N4. The molecule has 0 spiro atoms. The quantitative estimate of drug-likeness (QED) is 0.845. The second kappa shape index (κ2) is 4.45. The van der Waals surface area contributed by atoms with Gasteiger partial charge in [-0.2, -0.15) is 0 Å². The number of hydrogen-bond donors (Lipinski definition) is 1. The Morgan fingerprint density at radius 1 is 1.38 bits per heavy atom. The molecule has 4 heteroatoms. The van der Waals surface area contributed by atoms with Crippen LogP contribution in [0.1, 0.15) is 11.5 Å². The molecule has 0 saturated carbocycles. The summed E-state index contributed by atoms with van der Waals surface area (Å²) in [6, 6.07) is 5.92. The number of hydrogen-bond acceptors (Lipinski definition) is 3. The van der Waals surface area contributed by atoms with Crippen molar-refractivity contribution < 1.29 is 0 Å². The van der Waals surface area contributed by atoms with Crippen LogP contribution in [0.5, 0.6) is 0 Å². The summed E-state index contributed by atoms with van der Waals surface area (Å²) in [5.41, 5.74) is 3.08. The lowest BCUT2D eigenvalue weighted by molar-refractivity contribution is 0.711. The SMILES string of the molecule is CNCc1nc(C)c(-c2ccccn2)n1C. The molecule has 0 amide bonds. The fourth-order valence-electron chi connectivity index (χ4n) is 1.87. The van der Waals surface area contributed by atoms with Gasteiger partial charge in [-0.3, -0.25) is 4.98 Å². The Hall–Kier alpha value is -1.68. The third kappa shape index (κ3) is 1.84. The van der Waals surface area contributed by atoms with E-state index in [1.807, 2.05) is 39.2 Å². The van der Waals surface area contributed by atoms with Crippen molar-refractivity contribution in [1.29, 1.82) is 0 Å². The Labute approximate surface area is 95.4 Å². The number of rotatable bonds is 3. The molecule has 0 fully saturated rings. The first-order valence-corrected chi connectivity index (χ1v) is 5.32. The summed E-state index contributed by atoms with van der Waals surface area (Å²) in [6.07, 6.45) is 1.81. The monoisotopic (exact) mass is 216 g/mol. The molecule has 2 aromatic rings. The van der Waals surface area contributed by atoms with Crippen LogP contribution in [0.4, 0.5) is 0 Å². The number of pyridine rings is 1. The molecule has 4 nitrogen and oxygen atoms in total. The molecule has 2 aromatic heterocycles. The van der Waals surface area contributed by atoms with Crippen molar-refractivity contribution in [3.05, 3.63) is 35.9 Å². The fourth-order valence-corrected chi connectivity index (χ4v) is 1.87. The van der Waals surface area contributed by atoms with Gasteiger partial charge >= 0.3 is 0 Å². The second-order valence-electron chi connectivity index (χ2n) is 3.77. The van der Waals surface area contributed by atoms with Crippen molar-refractivity contribution in [2.75, 3.05) is 7.05 Å². The van der Waals surface area contributed by atoms with Crippen molar-refractivity contribution in [3.8, 4) is 11.4 Å². The number of aryl methyl sites for hydroxylation is 1. The van der Waals surface area contributed by atoms with E-state index >= 15 is 0 Å². The Bertz CT molecular complexity index is 473. The average Bonchev–Trinajstić information content (AvgIpc) is 2.56. The van der Waals surface area contributed by atoms with Gasteiger partial charge in [-0.25, -0.2) is 4.98 Å². The van der Waals surface area contributed by atoms with Gasteiger partial charge in [-0.15, -0.1) is 0 Å². The smallest absolute Gasteiger partial charge is 0.123 e. The Balaban J connectivity index is 2.49. The van der Waals surface area contributed by atoms with E-state index in [9.17, 15) is 0 Å². The van der Waals surface area contributed by atoms with Crippen LogP contribution in [0, 0.1) is 6.92 Å². The van der Waals surface area contributed by atoms with E-state index in [0.717, 1.165) is 29.5 Å². The van der Waals surface area contributed by atoms with Gasteiger partial charge in [0, 0.05) is 13.2 Å². The molecule has 2 rings (SSSR count). The van der Waals surface area contributed by atoms with Gasteiger partial charge in [0.05, 0.1) is 23.6 Å². The van der Waals surface area contributed by atoms with Gasteiger partial charge in [-0.05, 0) is 26.1 Å². The van der Waals surface area contributed by atoms with E-state index in [4.69, 9.17) is 0 Å². The van der Waals surface area contributed by atoms with E-state index < -0.39 is 0 Å². The zero-order chi connectivity index (χ0) is 11.5. The van der Waals surface area contributed by atoms with Crippen LogP contribution >= 0.6 is 0 Å². The third-order valence-corrected chi connectivity index (χ3v) is 2.60. The van der Waals surface area contributed by atoms with Crippen molar-refractivity contribution in [2.24, 2.45) is 7.05 Å². The van der Waals surface area contributed by atoms with E-state index in [-0.39, 0.29) is 0 Å². The first-order valence-electron chi connectivity index (χ1n) is 5.32. The summed E-state index contributed by atoms with van der Waals surface area (Å²) in [5, 5.41) is 3.11. The summed E-state index contributed by atoms with van der Waals surface area (Å²) in [4.78, 5) is 8.90. The highest BCUT2D eigenvalue weighted by Crippen LogP contribution is 2.21. The van der Waals surface area contributed by atoms with E-state index in [2.05, 4.69) is 19.9 Å². The normalized spacial score (nSPS) is 10.7. The van der Waals surface area contributed by atoms with Gasteiger partial charge in [0.25, 0.3) is 0 Å². The summed E-state index contributed by atoms with van der Waals surface area (Å²) in [5.74, 6) is 1.03. The number of nitrogens with zero attached hydrogens (tertiary/aromatic N) is 3. The molecule has 0 saturated heterocycles. The number of imidazole rings is 1. The summed E-state index contributed by atoms with van der Waals surface area (Å²) >= 11 is 0. The summed E-state index contributed by atoms with van der Waals surface area (Å²) in [7, 11) is 3.95. The van der Waals surface area contributed by atoms with Crippen LogP contribution in [0.3, 0.4) is 0 Å². The van der Waals surface area contributed by atoms with Gasteiger partial charge in [0.2, 0.25) is 0 Å². The highest BCUT2D eigenvalue weighted by molar-refractivity contribution is 5.58. The van der Waals surface area contributed by atoms with Gasteiger partial charge in [0.1, 0.15) is 5.82 Å². The maximum atomic E-state index is 4.54. The molecule has 0 atom stereocenters. The lowest BCUT2D eigenvalue weighted by Gasteiger charge is -2.05. The lowest BCUT2D eigenvalue weighted by atomic mass is 10.2. The van der Waals surface area contributed by atoms with Gasteiger partial charge < -0.3 is 9.88 Å². The molecule has 0 aromatic carbocycles. The van der Waals surface area contributed by atoms with Gasteiger partial charge in [-0.1, -0.05) is 6.07 Å². The van der Waals surface area contributed by atoms with E-state index in [1.165, 1.54) is 0 Å². The fraction of sp³-hybridized carbons (Fsp3) is 0.333. The van der Waals surface area contributed by atoms with Crippen LogP contribution in [-0.4, -0.2) is 21.6 Å². The molecule has 2 heterocycles. The van der Waals surface area contributed by atoms with Crippen LogP contribution in [0.2, 0.25) is 0 Å². The number of nitrogens with one attached hydrogen (secondary N) is 1. The zero-order valence-electron chi connectivity index (χ0n) is 9.86. The Morgan fingerprint density at radius 3 is 2.81 bits per heavy atom. The highest BCUT2D eigenvalue weighted by Gasteiger charge is 2.12. The van der Waals surface area contributed by atoms with Crippen LogP contribution < -0.4 is 5.32 Å². The topological polar surface area (TPSA) is 42.7 Å². The zero-order valence-corrected chi connectivity index (χ0v) is 9.86. The van der Waals surface area contributed by atoms with Crippen LogP contribution in [0.15, 0.2) is 24.4 Å². The molecule has 16 heavy (non-hydrogen) atoms. The molecule has 0 aliphatic carbocycles. The predicted octanol–water partition coefficient (Wildman–Crippen LogP) is 1.51. The number of aromatic nitrogens is 3. The molecule has 0 unspecified atom stereocenters. The van der Waals surface area contributed by atoms with Crippen molar-refractivity contribution in [2.45, 2.75) is 13.5 Å². The van der Waals surface area contributed by atoms with E-state index in [1.54, 1.807) is 6.20 Å². The lowest BCUT2D eigenvalue weighted by Crippen LogP contribution is -2.10. The van der Waals surface area contributed by atoms with Crippen molar-refractivity contribution in [1.82, 2.24) is 19.9 Å². The van der Waals surface area contributed by atoms with Crippen LogP contribution in [0.25, 0.3) is 11.4 Å². The molecule has 0 aliphatic rings. The molecule has 84 valence electrons. The van der Waals surface area contributed by atoms with Crippen molar-refractivity contribution in [3.63, 3.8) is 0 Å². The van der Waals surface area contributed by atoms with Crippen LogP contribution in [-0.2, 0) is 13.6 Å². The first kappa shape index (κ1) is 10.8. The third-order valence-electron chi connectivity index (χ3n) is 2.60. The highest BCUT2D eigenvalue weighted by atomic mass is 15.1. The summed E-state index contributed by atoms with van der Waals surface area (Å²) in [6.45, 7) is 2.79. The van der Waals surface area contributed by atoms with E-state index in [0.29, 0.717) is 0 Å². The summed E-state index contributed by atoms with van der Waals surface area (Å²) < 4.78 is 2.09. The average molecular weight is 216 g/mol. The molecule has 0 bridgehead atoms. The van der Waals surface area contributed by atoms with Crippen molar-refractivity contribution >= 4 is 0 Å². The minimum atomic E-state index is 0.768. The molecule has 1 N–H and O–H groups in total. The minimum Gasteiger partial charge on any atom is -0.329 e. The Morgan fingerprint density at radius 2 is 2.19 bits per heavy atom. The maximum Gasteiger partial charge on any atom is 0.123 e. The maximum absolute atomic E-state index is 4.54. The standard InChI is InChI=1S/C12H16N4/c1-9-12(10-6-4-5-7-14-10)16(3)11(15-9)8-13-2/h4-7,13H,8H2,1-3H3. The second-order valence-corrected chi connectivity index (χ2v) is 3.77. The predicted molar refractivity (Wildman–Crippen MR) is 63.9 cm³/mol.